The van der Waals surface area contributed by atoms with Crippen molar-refractivity contribution >= 4 is 22.7 Å². The molecule has 0 spiro atoms. The number of nitro benzene ring substituents is 1. The second-order valence-electron chi connectivity index (χ2n) is 4.37. The number of rotatable bonds is 4. The monoisotopic (exact) mass is 277 g/mol. The van der Waals surface area contributed by atoms with E-state index in [0.717, 1.165) is 16.3 Å². The van der Waals surface area contributed by atoms with Crippen molar-refractivity contribution in [2.24, 2.45) is 0 Å². The molecule has 1 aromatic heterocycles. The van der Waals surface area contributed by atoms with Crippen molar-refractivity contribution in [2.75, 3.05) is 5.32 Å². The van der Waals surface area contributed by atoms with Crippen molar-refractivity contribution in [2.45, 2.75) is 26.8 Å². The van der Waals surface area contributed by atoms with Gasteiger partial charge < -0.3 is 5.32 Å². The topological polar surface area (TPSA) is 68.1 Å². The summed E-state index contributed by atoms with van der Waals surface area (Å²) in [4.78, 5) is 15.9. The summed E-state index contributed by atoms with van der Waals surface area (Å²) in [5, 5.41) is 14.2. The van der Waals surface area contributed by atoms with E-state index in [1.54, 1.807) is 24.3 Å². The first kappa shape index (κ1) is 13.5. The molecule has 0 bridgehead atoms. The van der Waals surface area contributed by atoms with Crippen molar-refractivity contribution in [1.29, 1.82) is 0 Å². The van der Waals surface area contributed by atoms with Crippen LogP contribution < -0.4 is 5.32 Å². The van der Waals surface area contributed by atoms with Crippen LogP contribution >= 0.6 is 11.3 Å². The quantitative estimate of drug-likeness (QED) is 0.681. The Bertz CT molecular complexity index is 610. The van der Waals surface area contributed by atoms with Crippen LogP contribution in [0, 0.1) is 24.0 Å². The van der Waals surface area contributed by atoms with Crippen LogP contribution in [-0.4, -0.2) is 9.91 Å². The molecule has 1 unspecified atom stereocenters. The molecular weight excluding hydrogens is 262 g/mol. The standard InChI is InChI=1S/C13H15N3O2S/c1-8-11(5-4-6-12(8)16(17)18)15-10(3)13-9(2)14-7-19-13/h4-7,10,15H,1-3H3. The molecule has 0 aliphatic heterocycles. The normalized spacial score (nSPS) is 12.2. The number of aryl methyl sites for hydroxylation is 1. The number of nitrogens with one attached hydrogen (secondary N) is 1. The summed E-state index contributed by atoms with van der Waals surface area (Å²) in [7, 11) is 0. The van der Waals surface area contributed by atoms with E-state index in [2.05, 4.69) is 10.3 Å². The zero-order chi connectivity index (χ0) is 14.0. The van der Waals surface area contributed by atoms with E-state index in [4.69, 9.17) is 0 Å². The molecule has 1 atom stereocenters. The second kappa shape index (κ2) is 5.36. The Balaban J connectivity index is 2.27. The smallest absolute Gasteiger partial charge is 0.274 e. The van der Waals surface area contributed by atoms with Gasteiger partial charge >= 0.3 is 0 Å². The van der Waals surface area contributed by atoms with E-state index in [0.29, 0.717) is 5.56 Å². The number of hydrogen-bond donors (Lipinski definition) is 1. The lowest BCUT2D eigenvalue weighted by Gasteiger charge is -2.16. The molecule has 0 fully saturated rings. The zero-order valence-corrected chi connectivity index (χ0v) is 11.8. The molecule has 2 rings (SSSR count). The van der Waals surface area contributed by atoms with Gasteiger partial charge in [-0.05, 0) is 26.8 Å². The summed E-state index contributed by atoms with van der Waals surface area (Å²) in [6.45, 7) is 5.75. The highest BCUT2D eigenvalue weighted by Crippen LogP contribution is 2.30. The van der Waals surface area contributed by atoms with Gasteiger partial charge in [-0.2, -0.15) is 0 Å². The van der Waals surface area contributed by atoms with E-state index >= 15 is 0 Å². The molecular formula is C13H15N3O2S. The molecule has 0 aliphatic rings. The molecule has 1 heterocycles. The number of nitro groups is 1. The predicted octanol–water partition coefficient (Wildman–Crippen LogP) is 3.84. The lowest BCUT2D eigenvalue weighted by atomic mass is 10.1. The summed E-state index contributed by atoms with van der Waals surface area (Å²) in [5.41, 5.74) is 4.38. The average molecular weight is 277 g/mol. The van der Waals surface area contributed by atoms with Gasteiger partial charge in [-0.25, -0.2) is 4.98 Å². The van der Waals surface area contributed by atoms with Crippen molar-refractivity contribution in [3.63, 3.8) is 0 Å². The molecule has 2 aromatic rings. The van der Waals surface area contributed by atoms with Crippen LogP contribution in [0.1, 0.15) is 29.1 Å². The van der Waals surface area contributed by atoms with Gasteiger partial charge in [0.2, 0.25) is 0 Å². The molecule has 6 heteroatoms. The summed E-state index contributed by atoms with van der Waals surface area (Å²) in [6, 6.07) is 5.14. The van der Waals surface area contributed by atoms with Crippen LogP contribution in [0.5, 0.6) is 0 Å². The first-order chi connectivity index (χ1) is 9.00. The minimum Gasteiger partial charge on any atom is -0.377 e. The highest BCUT2D eigenvalue weighted by atomic mass is 32.1. The minimum atomic E-state index is -0.358. The van der Waals surface area contributed by atoms with Gasteiger partial charge in [-0.3, -0.25) is 10.1 Å². The van der Waals surface area contributed by atoms with Crippen molar-refractivity contribution in [3.8, 4) is 0 Å². The van der Waals surface area contributed by atoms with Gasteiger partial charge in [0.25, 0.3) is 5.69 Å². The van der Waals surface area contributed by atoms with Crippen LogP contribution in [0.2, 0.25) is 0 Å². The van der Waals surface area contributed by atoms with E-state index in [-0.39, 0.29) is 16.7 Å². The lowest BCUT2D eigenvalue weighted by Crippen LogP contribution is -2.08. The fourth-order valence-electron chi connectivity index (χ4n) is 2.00. The van der Waals surface area contributed by atoms with Gasteiger partial charge in [0.1, 0.15) is 0 Å². The van der Waals surface area contributed by atoms with Crippen LogP contribution in [-0.2, 0) is 0 Å². The fourth-order valence-corrected chi connectivity index (χ4v) is 2.81. The van der Waals surface area contributed by atoms with Crippen molar-refractivity contribution < 1.29 is 4.92 Å². The Morgan fingerprint density at radius 2 is 2.16 bits per heavy atom. The highest BCUT2D eigenvalue weighted by Gasteiger charge is 2.16. The summed E-state index contributed by atoms with van der Waals surface area (Å²) in [6.07, 6.45) is 0. The maximum absolute atomic E-state index is 10.9. The largest absolute Gasteiger partial charge is 0.377 e. The fraction of sp³-hybridized carbons (Fsp3) is 0.308. The molecule has 0 saturated heterocycles. The van der Waals surface area contributed by atoms with Gasteiger partial charge in [0.05, 0.1) is 22.2 Å². The summed E-state index contributed by atoms with van der Waals surface area (Å²) < 4.78 is 0. The molecule has 0 aliphatic carbocycles. The molecule has 0 amide bonds. The first-order valence-electron chi connectivity index (χ1n) is 5.91. The minimum absolute atomic E-state index is 0.0770. The summed E-state index contributed by atoms with van der Waals surface area (Å²) in [5.74, 6) is 0. The van der Waals surface area contributed by atoms with E-state index < -0.39 is 0 Å². The molecule has 100 valence electrons. The predicted molar refractivity (Wildman–Crippen MR) is 76.7 cm³/mol. The molecule has 19 heavy (non-hydrogen) atoms. The lowest BCUT2D eigenvalue weighted by molar-refractivity contribution is -0.385. The average Bonchev–Trinajstić information content (AvgIpc) is 2.77. The van der Waals surface area contributed by atoms with Crippen LogP contribution in [0.25, 0.3) is 0 Å². The van der Waals surface area contributed by atoms with E-state index in [1.807, 2.05) is 25.4 Å². The Morgan fingerprint density at radius 3 is 2.74 bits per heavy atom. The van der Waals surface area contributed by atoms with Crippen LogP contribution in [0.3, 0.4) is 0 Å². The second-order valence-corrected chi connectivity index (χ2v) is 5.26. The van der Waals surface area contributed by atoms with Crippen molar-refractivity contribution in [1.82, 2.24) is 4.98 Å². The maximum Gasteiger partial charge on any atom is 0.274 e. The molecule has 1 N–H and O–H groups in total. The molecule has 1 aromatic carbocycles. The van der Waals surface area contributed by atoms with Gasteiger partial charge in [-0.1, -0.05) is 6.07 Å². The molecule has 0 radical (unpaired) electrons. The van der Waals surface area contributed by atoms with Crippen LogP contribution in [0.4, 0.5) is 11.4 Å². The van der Waals surface area contributed by atoms with Gasteiger partial charge in [0, 0.05) is 22.2 Å². The zero-order valence-electron chi connectivity index (χ0n) is 11.0. The Hall–Kier alpha value is -1.95. The molecule has 0 saturated carbocycles. The van der Waals surface area contributed by atoms with E-state index in [1.165, 1.54) is 6.07 Å². The van der Waals surface area contributed by atoms with Crippen LogP contribution in [0.15, 0.2) is 23.7 Å². The van der Waals surface area contributed by atoms with E-state index in [9.17, 15) is 10.1 Å². The van der Waals surface area contributed by atoms with Gasteiger partial charge in [0.15, 0.2) is 0 Å². The molecule has 5 nitrogen and oxygen atoms in total. The number of nitrogens with zero attached hydrogens (tertiary/aromatic N) is 2. The number of hydrogen-bond acceptors (Lipinski definition) is 5. The van der Waals surface area contributed by atoms with Crippen molar-refractivity contribution in [3.05, 3.63) is 50.0 Å². The Labute approximate surface area is 115 Å². The first-order valence-corrected chi connectivity index (χ1v) is 6.79. The Morgan fingerprint density at radius 1 is 1.42 bits per heavy atom. The number of anilines is 1. The third-order valence-electron chi connectivity index (χ3n) is 3.05. The van der Waals surface area contributed by atoms with Gasteiger partial charge in [-0.15, -0.1) is 11.3 Å². The highest BCUT2D eigenvalue weighted by molar-refractivity contribution is 7.09. The SMILES string of the molecule is Cc1ncsc1C(C)Nc1cccc([N+](=O)[O-])c1C. The maximum atomic E-state index is 10.9. The number of benzene rings is 1. The Kier molecular flexibility index (Phi) is 3.80. The number of aromatic nitrogens is 1. The third-order valence-corrected chi connectivity index (χ3v) is 4.16. The third kappa shape index (κ3) is 2.73. The summed E-state index contributed by atoms with van der Waals surface area (Å²) >= 11 is 1.59. The number of thiazole rings is 1.